The third-order valence-electron chi connectivity index (χ3n) is 3.79. The van der Waals surface area contributed by atoms with Gasteiger partial charge < -0.3 is 0 Å². The molecule has 3 heterocycles. The van der Waals surface area contributed by atoms with Crippen LogP contribution in [-0.2, 0) is 6.18 Å². The lowest BCUT2D eigenvalue weighted by atomic mass is 9.98. The van der Waals surface area contributed by atoms with E-state index in [-0.39, 0.29) is 17.2 Å². The summed E-state index contributed by atoms with van der Waals surface area (Å²) in [5.74, 6) is -0.264. The molecule has 0 saturated heterocycles. The van der Waals surface area contributed by atoms with Gasteiger partial charge in [0, 0.05) is 17.3 Å². The molecule has 0 radical (unpaired) electrons. The molecule has 130 valence electrons. The minimum absolute atomic E-state index is 0.189. The van der Waals surface area contributed by atoms with Gasteiger partial charge >= 0.3 is 6.18 Å². The SMILES string of the molecule is Cc1sc(-c2cc(C(F)(F)F)c(C(C)C)cn2)nc1-c1ccccn1. The summed E-state index contributed by atoms with van der Waals surface area (Å²) in [6, 6.07) is 6.56. The van der Waals surface area contributed by atoms with Crippen molar-refractivity contribution in [1.29, 1.82) is 0 Å². The van der Waals surface area contributed by atoms with Gasteiger partial charge in [0.15, 0.2) is 0 Å². The van der Waals surface area contributed by atoms with Gasteiger partial charge in [-0.05, 0) is 36.6 Å². The van der Waals surface area contributed by atoms with Crippen molar-refractivity contribution in [2.24, 2.45) is 0 Å². The van der Waals surface area contributed by atoms with E-state index in [1.165, 1.54) is 17.5 Å². The number of rotatable bonds is 3. The predicted octanol–water partition coefficient (Wildman–Crippen LogP) is 5.72. The quantitative estimate of drug-likeness (QED) is 0.597. The fraction of sp³-hybridized carbons (Fsp3) is 0.278. The lowest BCUT2D eigenvalue weighted by molar-refractivity contribution is -0.138. The van der Waals surface area contributed by atoms with Crippen LogP contribution in [0.25, 0.3) is 22.1 Å². The normalized spacial score (nSPS) is 12.0. The Balaban J connectivity index is 2.09. The minimum atomic E-state index is -4.42. The van der Waals surface area contributed by atoms with Crippen molar-refractivity contribution in [3.05, 3.63) is 52.7 Å². The third kappa shape index (κ3) is 3.56. The number of alkyl halides is 3. The number of hydrogen-bond acceptors (Lipinski definition) is 4. The molecule has 3 nitrogen and oxygen atoms in total. The van der Waals surface area contributed by atoms with Gasteiger partial charge in [0.05, 0.1) is 17.0 Å². The first-order valence-electron chi connectivity index (χ1n) is 7.73. The van der Waals surface area contributed by atoms with E-state index >= 15 is 0 Å². The molecule has 0 aliphatic heterocycles. The number of nitrogens with zero attached hydrogens (tertiary/aromatic N) is 3. The third-order valence-corrected chi connectivity index (χ3v) is 4.78. The van der Waals surface area contributed by atoms with Gasteiger partial charge in [-0.15, -0.1) is 11.3 Å². The predicted molar refractivity (Wildman–Crippen MR) is 92.4 cm³/mol. The summed E-state index contributed by atoms with van der Waals surface area (Å²) in [6.45, 7) is 5.32. The lowest BCUT2D eigenvalue weighted by Crippen LogP contribution is -2.11. The summed E-state index contributed by atoms with van der Waals surface area (Å²) in [6.07, 6.45) is -1.46. The number of halogens is 3. The Bertz CT molecular complexity index is 886. The molecule has 0 aromatic carbocycles. The van der Waals surface area contributed by atoms with E-state index < -0.39 is 11.7 Å². The van der Waals surface area contributed by atoms with Crippen molar-refractivity contribution in [2.45, 2.75) is 32.9 Å². The van der Waals surface area contributed by atoms with Crippen LogP contribution in [0.1, 0.15) is 35.8 Å². The Morgan fingerprint density at radius 3 is 2.44 bits per heavy atom. The van der Waals surface area contributed by atoms with Gasteiger partial charge in [-0.25, -0.2) is 4.98 Å². The van der Waals surface area contributed by atoms with Gasteiger partial charge in [-0.1, -0.05) is 19.9 Å². The number of hydrogen-bond donors (Lipinski definition) is 0. The van der Waals surface area contributed by atoms with E-state index in [0.29, 0.717) is 16.4 Å². The summed E-state index contributed by atoms with van der Waals surface area (Å²) in [4.78, 5) is 13.8. The Hall–Kier alpha value is -2.28. The molecule has 0 aliphatic carbocycles. The van der Waals surface area contributed by atoms with Gasteiger partial charge in [0.25, 0.3) is 0 Å². The second-order valence-electron chi connectivity index (χ2n) is 5.95. The van der Waals surface area contributed by atoms with E-state index in [4.69, 9.17) is 0 Å². The summed E-state index contributed by atoms with van der Waals surface area (Å²) < 4.78 is 40.2. The van der Waals surface area contributed by atoms with Crippen molar-refractivity contribution in [1.82, 2.24) is 15.0 Å². The van der Waals surface area contributed by atoms with Crippen molar-refractivity contribution < 1.29 is 13.2 Å². The van der Waals surface area contributed by atoms with Crippen LogP contribution in [0.3, 0.4) is 0 Å². The second-order valence-corrected chi connectivity index (χ2v) is 7.15. The monoisotopic (exact) mass is 363 g/mol. The molecular formula is C18H16F3N3S. The van der Waals surface area contributed by atoms with Crippen molar-refractivity contribution in [3.63, 3.8) is 0 Å². The molecule has 0 amide bonds. The summed E-state index contributed by atoms with van der Waals surface area (Å²) in [7, 11) is 0. The molecule has 3 aromatic rings. The van der Waals surface area contributed by atoms with E-state index in [2.05, 4.69) is 15.0 Å². The van der Waals surface area contributed by atoms with Crippen LogP contribution in [0.5, 0.6) is 0 Å². The number of pyridine rings is 2. The van der Waals surface area contributed by atoms with Crippen LogP contribution in [-0.4, -0.2) is 15.0 Å². The van der Waals surface area contributed by atoms with Crippen LogP contribution in [0.15, 0.2) is 36.7 Å². The van der Waals surface area contributed by atoms with Crippen molar-refractivity contribution >= 4 is 11.3 Å². The molecule has 0 atom stereocenters. The first-order chi connectivity index (χ1) is 11.8. The molecule has 3 rings (SSSR count). The Kier molecular flexibility index (Phi) is 4.60. The van der Waals surface area contributed by atoms with E-state index in [1.807, 2.05) is 19.1 Å². The highest BCUT2D eigenvalue weighted by Crippen LogP contribution is 2.38. The smallest absolute Gasteiger partial charge is 0.255 e. The Labute approximate surface area is 147 Å². The molecule has 0 spiro atoms. The van der Waals surface area contributed by atoms with E-state index in [1.54, 1.807) is 26.1 Å². The summed E-state index contributed by atoms with van der Waals surface area (Å²) >= 11 is 1.31. The zero-order valence-corrected chi connectivity index (χ0v) is 14.7. The summed E-state index contributed by atoms with van der Waals surface area (Å²) in [5.41, 5.74) is 1.13. The average molecular weight is 363 g/mol. The number of aromatic nitrogens is 3. The second kappa shape index (κ2) is 6.55. The standard InChI is InChI=1S/C18H16F3N3S/c1-10(2)12-9-23-15(8-13(12)18(19,20)21)17-24-16(11(3)25-17)14-6-4-5-7-22-14/h4-10H,1-3H3. The zero-order valence-electron chi connectivity index (χ0n) is 13.9. The van der Waals surface area contributed by atoms with E-state index in [0.717, 1.165) is 10.9 Å². The fourth-order valence-electron chi connectivity index (χ4n) is 2.53. The lowest BCUT2D eigenvalue weighted by Gasteiger charge is -2.15. The van der Waals surface area contributed by atoms with Crippen molar-refractivity contribution in [3.8, 4) is 22.1 Å². The van der Waals surface area contributed by atoms with Gasteiger partial charge in [-0.2, -0.15) is 13.2 Å². The molecule has 25 heavy (non-hydrogen) atoms. The molecule has 3 aromatic heterocycles. The molecule has 7 heteroatoms. The first-order valence-corrected chi connectivity index (χ1v) is 8.55. The van der Waals surface area contributed by atoms with Gasteiger partial charge in [0.1, 0.15) is 10.7 Å². The molecule has 0 bridgehead atoms. The van der Waals surface area contributed by atoms with Crippen LogP contribution in [0.2, 0.25) is 0 Å². The highest BCUT2D eigenvalue weighted by molar-refractivity contribution is 7.15. The van der Waals surface area contributed by atoms with Crippen molar-refractivity contribution in [2.75, 3.05) is 0 Å². The molecular weight excluding hydrogens is 347 g/mol. The number of aryl methyl sites for hydroxylation is 1. The molecule has 0 saturated carbocycles. The van der Waals surface area contributed by atoms with Crippen LogP contribution >= 0.6 is 11.3 Å². The zero-order chi connectivity index (χ0) is 18.2. The number of thiazole rings is 1. The maximum Gasteiger partial charge on any atom is 0.416 e. The van der Waals surface area contributed by atoms with Crippen LogP contribution < -0.4 is 0 Å². The van der Waals surface area contributed by atoms with Crippen LogP contribution in [0.4, 0.5) is 13.2 Å². The van der Waals surface area contributed by atoms with Crippen LogP contribution in [0, 0.1) is 6.92 Å². The average Bonchev–Trinajstić information content (AvgIpc) is 2.96. The maximum absolute atomic E-state index is 13.4. The highest BCUT2D eigenvalue weighted by Gasteiger charge is 2.35. The Morgan fingerprint density at radius 1 is 1.08 bits per heavy atom. The Morgan fingerprint density at radius 2 is 1.84 bits per heavy atom. The highest BCUT2D eigenvalue weighted by atomic mass is 32.1. The molecule has 0 unspecified atom stereocenters. The fourth-order valence-corrected chi connectivity index (χ4v) is 3.42. The van der Waals surface area contributed by atoms with Gasteiger partial charge in [-0.3, -0.25) is 9.97 Å². The summed E-state index contributed by atoms with van der Waals surface area (Å²) in [5, 5.41) is 0.457. The minimum Gasteiger partial charge on any atom is -0.255 e. The topological polar surface area (TPSA) is 38.7 Å². The largest absolute Gasteiger partial charge is 0.416 e. The van der Waals surface area contributed by atoms with Gasteiger partial charge in [0.2, 0.25) is 0 Å². The first kappa shape index (κ1) is 17.5. The molecule has 0 aliphatic rings. The van der Waals surface area contributed by atoms with E-state index in [9.17, 15) is 13.2 Å². The maximum atomic E-state index is 13.4. The molecule has 0 N–H and O–H groups in total. The molecule has 0 fully saturated rings.